The van der Waals surface area contributed by atoms with Crippen molar-refractivity contribution in [2.45, 2.75) is 57.7 Å². The summed E-state index contributed by atoms with van der Waals surface area (Å²) in [4.78, 5) is 0. The molecule has 148 valence electrons. The second-order valence-corrected chi connectivity index (χ2v) is 6.72. The van der Waals surface area contributed by atoms with Gasteiger partial charge in [0.1, 0.15) is 0 Å². The molecule has 0 amide bonds. The molecular weight excluding hydrogens is 357 g/mol. The number of alkyl halides is 3. The van der Waals surface area contributed by atoms with Gasteiger partial charge in [-0.05, 0) is 38.5 Å². The van der Waals surface area contributed by atoms with Crippen molar-refractivity contribution in [3.63, 3.8) is 0 Å². The molecule has 0 aromatic rings. The lowest BCUT2D eigenvalue weighted by atomic mass is 10.2. The molecule has 26 heavy (non-hydrogen) atoms. The third-order valence-electron chi connectivity index (χ3n) is 3.25. The highest BCUT2D eigenvalue weighted by atomic mass is 32.2. The quantitative estimate of drug-likeness (QED) is 0.261. The Bertz CT molecular complexity index is 462. The Hall–Kier alpha value is -1.20. The van der Waals surface area contributed by atoms with Crippen molar-refractivity contribution in [2.75, 3.05) is 11.5 Å². The monoisotopic (exact) mass is 388 g/mol. The number of aliphatic hydroxyl groups is 1. The molecule has 1 unspecified atom stereocenters. The number of aliphatic hydroxyl groups excluding tert-OH is 1. The van der Waals surface area contributed by atoms with Crippen LogP contribution in [0.4, 0.5) is 13.2 Å². The maximum Gasteiger partial charge on any atom is 0.415 e. The van der Waals surface area contributed by atoms with Crippen LogP contribution in [0.1, 0.15) is 45.4 Å². The van der Waals surface area contributed by atoms with E-state index in [0.29, 0.717) is 5.75 Å². The first-order valence-corrected chi connectivity index (χ1v) is 10.2. The summed E-state index contributed by atoms with van der Waals surface area (Å²) in [6.45, 7) is 2.13. The lowest BCUT2D eigenvalue weighted by Crippen LogP contribution is -2.30. The van der Waals surface area contributed by atoms with Crippen LogP contribution in [0.5, 0.6) is 0 Å². The van der Waals surface area contributed by atoms with Gasteiger partial charge in [0.2, 0.25) is 0 Å². The van der Waals surface area contributed by atoms with Gasteiger partial charge in [0.15, 0.2) is 6.10 Å². The maximum atomic E-state index is 12.1. The van der Waals surface area contributed by atoms with E-state index in [4.69, 9.17) is 5.11 Å². The predicted molar refractivity (Wildman–Crippen MR) is 108 cm³/mol. The van der Waals surface area contributed by atoms with Crippen molar-refractivity contribution in [1.29, 1.82) is 0 Å². The number of thioether (sulfide) groups is 1. The molecule has 0 spiro atoms. The van der Waals surface area contributed by atoms with Gasteiger partial charge in [-0.3, -0.25) is 0 Å². The van der Waals surface area contributed by atoms with Gasteiger partial charge in [0, 0.05) is 11.5 Å². The smallest absolute Gasteiger partial charge is 0.383 e. The molecule has 5 heteroatoms. The summed E-state index contributed by atoms with van der Waals surface area (Å²) >= 11 is 1.08. The summed E-state index contributed by atoms with van der Waals surface area (Å²) in [6, 6.07) is 0. The summed E-state index contributed by atoms with van der Waals surface area (Å²) in [5.41, 5.74) is 0. The molecule has 1 nitrogen and oxygen atoms in total. The molecule has 1 atom stereocenters. The fourth-order valence-corrected chi connectivity index (χ4v) is 2.64. The Labute approximate surface area is 160 Å². The maximum absolute atomic E-state index is 12.1. The lowest BCUT2D eigenvalue weighted by molar-refractivity contribution is -0.195. The van der Waals surface area contributed by atoms with Gasteiger partial charge in [0.05, 0.1) is 0 Å². The molecule has 1 N–H and O–H groups in total. The van der Waals surface area contributed by atoms with Crippen molar-refractivity contribution in [3.8, 4) is 0 Å². The molecular formula is C21H31F3OS. The Morgan fingerprint density at radius 3 is 1.73 bits per heavy atom. The van der Waals surface area contributed by atoms with E-state index in [1.807, 2.05) is 12.2 Å². The van der Waals surface area contributed by atoms with Gasteiger partial charge in [-0.15, -0.1) is 0 Å². The van der Waals surface area contributed by atoms with E-state index in [2.05, 4.69) is 55.5 Å². The highest BCUT2D eigenvalue weighted by Crippen LogP contribution is 2.22. The first kappa shape index (κ1) is 24.8. The highest BCUT2D eigenvalue weighted by molar-refractivity contribution is 7.99. The zero-order valence-corrected chi connectivity index (χ0v) is 16.3. The van der Waals surface area contributed by atoms with Crippen LogP contribution in [0.25, 0.3) is 0 Å². The minimum absolute atomic E-state index is 0.315. The number of unbranched alkanes of at least 4 members (excludes halogenated alkanes) is 1. The molecule has 0 saturated carbocycles. The van der Waals surface area contributed by atoms with Crippen molar-refractivity contribution in [3.05, 3.63) is 60.8 Å². The second-order valence-electron chi connectivity index (χ2n) is 5.64. The first-order valence-electron chi connectivity index (χ1n) is 9.06. The van der Waals surface area contributed by atoms with E-state index in [1.165, 1.54) is 0 Å². The summed E-state index contributed by atoms with van der Waals surface area (Å²) in [7, 11) is 0. The van der Waals surface area contributed by atoms with E-state index in [-0.39, 0.29) is 5.75 Å². The average Bonchev–Trinajstić information content (AvgIpc) is 2.59. The molecule has 0 aromatic carbocycles. The summed E-state index contributed by atoms with van der Waals surface area (Å²) < 4.78 is 36.2. The van der Waals surface area contributed by atoms with Crippen LogP contribution in [-0.2, 0) is 0 Å². The van der Waals surface area contributed by atoms with Crippen LogP contribution >= 0.6 is 11.8 Å². The molecule has 0 radical (unpaired) electrons. The fourth-order valence-electron chi connectivity index (χ4n) is 1.82. The van der Waals surface area contributed by atoms with Gasteiger partial charge in [-0.2, -0.15) is 24.9 Å². The van der Waals surface area contributed by atoms with Gasteiger partial charge < -0.3 is 5.11 Å². The molecule has 0 aliphatic carbocycles. The molecule has 0 bridgehead atoms. The standard InChI is InChI=1S/C21H31F3OS/c1-2-3-4-5-6-7-8-9-10-11-12-13-14-15-16-17-18-26-19-20(25)21(22,23)24/h3-4,6-7,9-10,12-13,16-17,20,25H,2,5,8,11,14-15,18-19H2,1H3/b4-3-,7-6-,10-9-,13-12-,17-16+. The normalized spacial score (nSPS) is 14.8. The van der Waals surface area contributed by atoms with Gasteiger partial charge in [-0.1, -0.05) is 67.7 Å². The summed E-state index contributed by atoms with van der Waals surface area (Å²) in [5, 5.41) is 8.83. The summed E-state index contributed by atoms with van der Waals surface area (Å²) in [5.74, 6) is 0.173. The number of allylic oxidation sites excluding steroid dienone is 9. The highest BCUT2D eigenvalue weighted by Gasteiger charge is 2.37. The molecule has 0 heterocycles. The van der Waals surface area contributed by atoms with Gasteiger partial charge in [-0.25, -0.2) is 0 Å². The predicted octanol–water partition coefficient (Wildman–Crippen LogP) is 6.78. The van der Waals surface area contributed by atoms with Crippen molar-refractivity contribution in [1.82, 2.24) is 0 Å². The van der Waals surface area contributed by atoms with Crippen molar-refractivity contribution < 1.29 is 18.3 Å². The third-order valence-corrected chi connectivity index (χ3v) is 4.23. The average molecular weight is 389 g/mol. The van der Waals surface area contributed by atoms with E-state index in [9.17, 15) is 13.2 Å². The van der Waals surface area contributed by atoms with Crippen LogP contribution in [0, 0.1) is 0 Å². The SMILES string of the molecule is CC/C=C\C/C=C\C/C=C\C/C=C\CC/C=C/CSCC(O)C(F)(F)F. The minimum atomic E-state index is -4.52. The van der Waals surface area contributed by atoms with Gasteiger partial charge in [0.25, 0.3) is 0 Å². The van der Waals surface area contributed by atoms with Crippen LogP contribution in [-0.4, -0.2) is 28.9 Å². The zero-order valence-electron chi connectivity index (χ0n) is 15.5. The third kappa shape index (κ3) is 17.6. The second kappa shape index (κ2) is 17.2. The minimum Gasteiger partial charge on any atom is -0.383 e. The first-order chi connectivity index (χ1) is 12.5. The molecule has 0 fully saturated rings. The van der Waals surface area contributed by atoms with Crippen LogP contribution in [0.15, 0.2) is 60.8 Å². The van der Waals surface area contributed by atoms with Crippen molar-refractivity contribution >= 4 is 11.8 Å². The number of halogens is 3. The lowest BCUT2D eigenvalue weighted by Gasteiger charge is -2.12. The number of rotatable bonds is 14. The molecule has 0 saturated heterocycles. The summed E-state index contributed by atoms with van der Waals surface area (Å²) in [6.07, 6.45) is 20.0. The Morgan fingerprint density at radius 2 is 1.23 bits per heavy atom. The topological polar surface area (TPSA) is 20.2 Å². The fraction of sp³-hybridized carbons (Fsp3) is 0.524. The number of hydrogen-bond acceptors (Lipinski definition) is 2. The van der Waals surface area contributed by atoms with Crippen LogP contribution in [0.2, 0.25) is 0 Å². The van der Waals surface area contributed by atoms with Crippen molar-refractivity contribution in [2.24, 2.45) is 0 Å². The van der Waals surface area contributed by atoms with E-state index >= 15 is 0 Å². The van der Waals surface area contributed by atoms with Crippen LogP contribution in [0.3, 0.4) is 0 Å². The van der Waals surface area contributed by atoms with Crippen LogP contribution < -0.4 is 0 Å². The molecule has 0 aliphatic rings. The van der Waals surface area contributed by atoms with E-state index < -0.39 is 12.3 Å². The molecule has 0 rings (SSSR count). The zero-order chi connectivity index (χ0) is 19.5. The van der Waals surface area contributed by atoms with Gasteiger partial charge >= 0.3 is 6.18 Å². The van der Waals surface area contributed by atoms with E-state index in [1.54, 1.807) is 0 Å². The molecule has 0 aromatic heterocycles. The Kier molecular flexibility index (Phi) is 16.4. The van der Waals surface area contributed by atoms with E-state index in [0.717, 1.165) is 50.3 Å². The Morgan fingerprint density at radius 1 is 0.769 bits per heavy atom. The Balaban J connectivity index is 3.53. The largest absolute Gasteiger partial charge is 0.415 e. The number of hydrogen-bond donors (Lipinski definition) is 1. The molecule has 0 aliphatic heterocycles.